The molecule has 0 atom stereocenters. The Balaban J connectivity index is -0.0000000286. The first kappa shape index (κ1) is 94.6. The molecule has 0 aromatic heterocycles. The molecule has 0 bridgehead atoms. The average molecular weight is 1070 g/mol. The van der Waals surface area contributed by atoms with Crippen molar-refractivity contribution in [1.82, 2.24) is 16.3 Å². The molecule has 0 aromatic carbocycles. The minimum Gasteiger partial charge on any atom is -0.457 e. The van der Waals surface area contributed by atoms with Gasteiger partial charge in [-0.15, -0.1) is 41.0 Å². The number of rotatable bonds is 4. The van der Waals surface area contributed by atoms with Gasteiger partial charge in [-0.3, -0.25) is 16.3 Å². The van der Waals surface area contributed by atoms with E-state index in [-0.39, 0.29) is 56.3 Å². The van der Waals surface area contributed by atoms with Crippen molar-refractivity contribution in [3.8, 4) is 0 Å². The van der Waals surface area contributed by atoms with E-state index in [0.717, 1.165) is 0 Å². The molecular weight excluding hydrogens is 1040 g/mol. The maximum atomic E-state index is 9.41. The first-order valence-electron chi connectivity index (χ1n) is 8.88. The van der Waals surface area contributed by atoms with Gasteiger partial charge in [-0.05, 0) is 0 Å². The molecule has 0 saturated carbocycles. The Hall–Kier alpha value is -4.29. The van der Waals surface area contributed by atoms with Gasteiger partial charge in [0.1, 0.15) is 20.3 Å². The van der Waals surface area contributed by atoms with Crippen LogP contribution < -0.4 is 137 Å². The van der Waals surface area contributed by atoms with E-state index in [1.807, 2.05) is 0 Å². The van der Waals surface area contributed by atoms with Crippen LogP contribution in [0.25, 0.3) is 5.43 Å². The average Bonchev–Trinajstić information content (AvgIpc) is 2.84. The van der Waals surface area contributed by atoms with Crippen LogP contribution >= 0.6 is 0 Å². The second-order valence-electron chi connectivity index (χ2n) is 4.94. The van der Waals surface area contributed by atoms with Crippen LogP contribution in [0.5, 0.6) is 0 Å². The SMILES string of the molecule is N/N=C(/N)[N-][N+](=O)[O-].NN/C(N)=N/[N+](=O)[O-].NN/C(N)=N/[N+](=O)[O-].NN/C(N)=N/[N+](=O)[O-].[H+].[Ni+2].[Ni+2].[O-][Cl+3]([O-])([O-])[O-].[O-][Cl+3]([O-])([O-])[O-].[O-][Cl+3]([O-])([O-])[O-].[O-][Cl+3]([O-])([O-])[O-].[OH3+].[OH3+].[OH3+].[OH3+]. The van der Waals surface area contributed by atoms with Crippen LogP contribution in [0.3, 0.4) is 0 Å². The number of hydrazine groups is 3. The van der Waals surface area contributed by atoms with Crippen LogP contribution in [-0.2, 0) is 54.9 Å². The summed E-state index contributed by atoms with van der Waals surface area (Å²) >= 11 is 0. The molecule has 0 spiro atoms. The number of hydrogen-bond donors (Lipinski definition) is 11. The Morgan fingerprint density at radius 1 is 0.466 bits per heavy atom. The minimum atomic E-state index is -4.94. The largest absolute Gasteiger partial charge is 2.00 e. The molecule has 0 aliphatic carbocycles. The molecule has 0 aromatic rings. The zero-order chi connectivity index (χ0) is 44.3. The first-order chi connectivity index (χ1) is 22.7. The van der Waals surface area contributed by atoms with Gasteiger partial charge in [0.2, 0.25) is 0 Å². The van der Waals surface area contributed by atoms with Gasteiger partial charge in [-0.25, -0.2) is 133 Å². The smallest absolute Gasteiger partial charge is 0.457 e. The summed E-state index contributed by atoms with van der Waals surface area (Å²) in [6.45, 7) is 0. The van der Waals surface area contributed by atoms with Gasteiger partial charge in [0.05, 0.1) is 5.96 Å². The van der Waals surface area contributed by atoms with Gasteiger partial charge in [-0.2, -0.15) is 0 Å². The van der Waals surface area contributed by atoms with E-state index in [1.165, 1.54) is 0 Å². The number of nitrogens with zero attached hydrogens (tertiary/aromatic N) is 9. The Kier molecular flexibility index (Phi) is 86.0. The molecule has 360 valence electrons. The topological polar surface area (TPSA) is 981 Å². The quantitative estimate of drug-likeness (QED) is 0.0237. The van der Waals surface area contributed by atoms with Crippen molar-refractivity contribution in [1.29, 1.82) is 0 Å². The first-order valence-corrected chi connectivity index (χ1v) is 13.8. The van der Waals surface area contributed by atoms with Gasteiger partial charge in [-0.1, -0.05) is 5.43 Å². The second kappa shape index (κ2) is 52.7. The van der Waals surface area contributed by atoms with Crippen molar-refractivity contribution in [2.24, 2.45) is 66.7 Å². The fourth-order valence-electron chi connectivity index (χ4n) is 0.460. The van der Waals surface area contributed by atoms with Gasteiger partial charge < -0.3 is 55.8 Å². The van der Waals surface area contributed by atoms with Gasteiger partial charge in [0, 0.05) is 0 Å². The van der Waals surface area contributed by atoms with Crippen LogP contribution in [0.1, 0.15) is 1.43 Å². The van der Waals surface area contributed by atoms with E-state index in [4.69, 9.17) is 97.5 Å². The van der Waals surface area contributed by atoms with Crippen molar-refractivity contribution in [3.63, 3.8) is 0 Å². The van der Waals surface area contributed by atoms with Crippen LogP contribution in [0.4, 0.5) is 0 Å². The third-order valence-corrected chi connectivity index (χ3v) is 1.33. The van der Waals surface area contributed by atoms with Crippen LogP contribution in [0.2, 0.25) is 0 Å². The van der Waals surface area contributed by atoms with Crippen molar-refractivity contribution in [2.75, 3.05) is 0 Å². The fraction of sp³-hybridized carbons (Fsp3) is 0. The summed E-state index contributed by atoms with van der Waals surface area (Å²) in [4.78, 5) is 37.6. The number of hydrogen-bond acceptors (Lipinski definition) is 29. The van der Waals surface area contributed by atoms with Crippen molar-refractivity contribution in [2.45, 2.75) is 0 Å². The predicted octanol–water partition coefficient (Wildman–Crippen LogP) is -30.0. The van der Waals surface area contributed by atoms with Gasteiger partial charge >= 0.3 is 34.4 Å². The number of nitrogens with two attached hydrogens (primary N) is 8. The Morgan fingerprint density at radius 2 is 0.603 bits per heavy atom. The predicted molar refractivity (Wildman–Crippen MR) is 125 cm³/mol. The van der Waals surface area contributed by atoms with E-state index < -0.39 is 84.9 Å². The van der Waals surface area contributed by atoms with E-state index >= 15 is 0 Å². The third-order valence-electron chi connectivity index (χ3n) is 1.33. The maximum Gasteiger partial charge on any atom is 2.00 e. The molecule has 0 heterocycles. The number of nitrogens with one attached hydrogen (secondary N) is 3. The summed E-state index contributed by atoms with van der Waals surface area (Å²) < 4.78 is 136. The Bertz CT molecular complexity index is 961. The Labute approximate surface area is 344 Å². The molecule has 0 fully saturated rings. The van der Waals surface area contributed by atoms with Crippen LogP contribution in [0.15, 0.2) is 20.4 Å². The standard InChI is InChI=1S/3CH5N5O2.CH4N5O2.4ClHO4.2Ni.4H2O/c4*2-1(4-3)5-6(7)8;4*2-1(3,4)5;;;;;;/h3*3H2,(H3,2,4,5);3H2,(H2-,2,4,5);4*(H,2,3,4,5);;;4*1H2/q;;;-1;;;;;2*+2;;;;/p+1. The van der Waals surface area contributed by atoms with E-state index in [2.05, 4.69) is 49.2 Å². The molecule has 0 radical (unpaired) electrons. The molecule has 0 unspecified atom stereocenters. The summed E-state index contributed by atoms with van der Waals surface area (Å²) in [5, 5.41) is 44.2. The summed E-state index contributed by atoms with van der Waals surface area (Å²) in [6.07, 6.45) is 0. The van der Waals surface area contributed by atoms with Crippen molar-refractivity contribution >= 4 is 23.8 Å². The molecule has 0 saturated heterocycles. The number of halogens is 4. The molecule has 31 N–H and O–H groups in total. The molecule has 0 aliphatic rings. The normalized spacial score (nSPS) is 10.1. The molecule has 54 heteroatoms. The number of guanidine groups is 4. The van der Waals surface area contributed by atoms with Crippen molar-refractivity contribution in [3.05, 3.63) is 45.9 Å². The van der Waals surface area contributed by atoms with E-state index in [1.54, 1.807) is 16.3 Å². The molecule has 0 aliphatic heterocycles. The van der Waals surface area contributed by atoms with Gasteiger partial charge in [0.25, 0.3) is 17.9 Å². The molecule has 0 amide bonds. The molecule has 0 rings (SSSR count). The maximum absolute atomic E-state index is 9.41. The van der Waals surface area contributed by atoms with Gasteiger partial charge in [0.15, 0.2) is 15.1 Å². The Morgan fingerprint density at radius 3 is 0.638 bits per heavy atom. The molecule has 48 nitrogen and oxygen atoms in total. The zero-order valence-corrected chi connectivity index (χ0v) is 31.4. The molecule has 58 heavy (non-hydrogen) atoms. The number of hydrazone groups is 4. The third kappa shape index (κ3) is 342. The summed E-state index contributed by atoms with van der Waals surface area (Å²) in [5.41, 5.74) is 26.8. The summed E-state index contributed by atoms with van der Waals surface area (Å²) in [6, 6.07) is 0. The second-order valence-corrected chi connectivity index (χ2v) is 7.96. The molecular formula is C4H32Cl4N20Ni2O28+4. The zero-order valence-electron chi connectivity index (χ0n) is 27.4. The summed E-state index contributed by atoms with van der Waals surface area (Å²) in [5.74, 6) is 16.5. The fourth-order valence-corrected chi connectivity index (χ4v) is 0.460. The summed E-state index contributed by atoms with van der Waals surface area (Å²) in [7, 11) is -19.8. The monoisotopic (exact) mass is 1060 g/mol. The number of nitro groups is 4. The van der Waals surface area contributed by atoms with E-state index in [9.17, 15) is 40.5 Å². The van der Waals surface area contributed by atoms with Crippen LogP contribution in [0, 0.1) is 81.4 Å². The van der Waals surface area contributed by atoms with E-state index in [0.29, 0.717) is 0 Å². The minimum absolute atomic E-state index is 0. The van der Waals surface area contributed by atoms with Crippen molar-refractivity contribution < 1.29 is 192 Å². The van der Waals surface area contributed by atoms with Crippen LogP contribution in [-0.4, -0.2) is 44.0 Å².